The van der Waals surface area contributed by atoms with Gasteiger partial charge in [0.15, 0.2) is 5.65 Å². The summed E-state index contributed by atoms with van der Waals surface area (Å²) in [6.07, 6.45) is 3.27. The lowest BCUT2D eigenvalue weighted by molar-refractivity contribution is 0.242. The number of thioether (sulfide) groups is 1. The molecule has 0 saturated carbocycles. The van der Waals surface area contributed by atoms with Gasteiger partial charge in [-0.2, -0.15) is 5.10 Å². The van der Waals surface area contributed by atoms with E-state index in [1.807, 2.05) is 50.2 Å². The number of rotatable bonds is 7. The van der Waals surface area contributed by atoms with Crippen LogP contribution >= 0.6 is 11.8 Å². The fraction of sp³-hybridized carbons (Fsp3) is 0.280. The van der Waals surface area contributed by atoms with Crippen LogP contribution in [0.1, 0.15) is 50.3 Å². The second-order valence-electron chi connectivity index (χ2n) is 8.78. The maximum Gasteiger partial charge on any atom is 0.319 e. The van der Waals surface area contributed by atoms with Gasteiger partial charge in [-0.15, -0.1) is 11.8 Å². The average molecular weight is 461 g/mol. The van der Waals surface area contributed by atoms with Gasteiger partial charge in [0.1, 0.15) is 11.4 Å². The van der Waals surface area contributed by atoms with Crippen molar-refractivity contribution in [2.45, 2.75) is 49.9 Å². The summed E-state index contributed by atoms with van der Waals surface area (Å²) in [5, 5.41) is 14.7. The number of carbonyl (C=O) groups excluding carboxylic acids is 1. The van der Waals surface area contributed by atoms with E-state index in [0.717, 1.165) is 32.9 Å². The highest BCUT2D eigenvalue weighted by Crippen LogP contribution is 2.27. The third-order valence-electron chi connectivity index (χ3n) is 5.47. The quantitative estimate of drug-likeness (QED) is 0.238. The van der Waals surface area contributed by atoms with Gasteiger partial charge in [0.05, 0.1) is 17.1 Å². The number of anilines is 1. The van der Waals surface area contributed by atoms with Gasteiger partial charge in [0, 0.05) is 11.4 Å². The molecule has 4 rings (SSSR count). The monoisotopic (exact) mass is 460 g/mol. The first-order valence-electron chi connectivity index (χ1n) is 10.9. The molecule has 0 saturated heterocycles. The molecule has 7 nitrogen and oxygen atoms in total. The Morgan fingerprint density at radius 2 is 1.94 bits per heavy atom. The predicted molar refractivity (Wildman–Crippen MR) is 133 cm³/mol. The first-order valence-corrected chi connectivity index (χ1v) is 11.9. The molecule has 0 bridgehead atoms. The molecule has 0 unspecified atom stereocenters. The van der Waals surface area contributed by atoms with Crippen molar-refractivity contribution < 1.29 is 4.79 Å². The number of carbonyl (C=O) groups is 1. The van der Waals surface area contributed by atoms with E-state index in [0.29, 0.717) is 11.7 Å². The molecule has 8 heteroatoms. The number of hydrogen-bond acceptors (Lipinski definition) is 5. The van der Waals surface area contributed by atoms with E-state index in [1.54, 1.807) is 18.0 Å². The first kappa shape index (κ1) is 22.8. The fourth-order valence-electron chi connectivity index (χ4n) is 3.55. The van der Waals surface area contributed by atoms with E-state index in [-0.39, 0.29) is 6.03 Å². The van der Waals surface area contributed by atoms with Crippen molar-refractivity contribution in [3.05, 3.63) is 77.7 Å². The number of nitrogens with zero attached hydrogens (tertiary/aromatic N) is 3. The Labute approximate surface area is 197 Å². The minimum Gasteiger partial charge on any atom is -0.329 e. The Morgan fingerprint density at radius 1 is 1.12 bits per heavy atom. The molecular weight excluding hydrogens is 432 g/mol. The molecule has 0 radical (unpaired) electrons. The van der Waals surface area contributed by atoms with Crippen LogP contribution in [0.25, 0.3) is 11.0 Å². The van der Waals surface area contributed by atoms with Gasteiger partial charge in [-0.25, -0.2) is 14.8 Å². The lowest BCUT2D eigenvalue weighted by Gasteiger charge is -2.28. The molecule has 33 heavy (non-hydrogen) atoms. The summed E-state index contributed by atoms with van der Waals surface area (Å²) in [4.78, 5) is 21.3. The Bertz CT molecular complexity index is 1270. The average Bonchev–Trinajstić information content (AvgIpc) is 3.27. The number of urea groups is 1. The normalized spacial score (nSPS) is 11.7. The van der Waals surface area contributed by atoms with Gasteiger partial charge >= 0.3 is 6.03 Å². The molecule has 0 aliphatic heterocycles. The number of fused-ring (bicyclic) bond motifs is 1. The third kappa shape index (κ3) is 5.51. The summed E-state index contributed by atoms with van der Waals surface area (Å²) >= 11 is 1.61. The van der Waals surface area contributed by atoms with Crippen LogP contribution in [0.4, 0.5) is 10.5 Å². The summed E-state index contributed by atoms with van der Waals surface area (Å²) in [6.45, 7) is 8.36. The van der Waals surface area contributed by atoms with Crippen LogP contribution in [0.15, 0.2) is 66.1 Å². The van der Waals surface area contributed by atoms with E-state index in [2.05, 4.69) is 56.8 Å². The van der Waals surface area contributed by atoms with Crippen molar-refractivity contribution in [1.82, 2.24) is 25.5 Å². The Balaban J connectivity index is 1.40. The van der Waals surface area contributed by atoms with Crippen molar-refractivity contribution in [3.63, 3.8) is 0 Å². The maximum atomic E-state index is 12.8. The predicted octanol–water partition coefficient (Wildman–Crippen LogP) is 5.83. The van der Waals surface area contributed by atoms with Crippen molar-refractivity contribution in [2.75, 3.05) is 5.32 Å². The summed E-state index contributed by atoms with van der Waals surface area (Å²) in [5.41, 5.74) is 4.37. The number of aromatic nitrogens is 4. The molecule has 3 N–H and O–H groups in total. The van der Waals surface area contributed by atoms with Gasteiger partial charge in [-0.05, 0) is 48.6 Å². The number of aromatic amines is 1. The van der Waals surface area contributed by atoms with E-state index in [4.69, 9.17) is 0 Å². The minimum absolute atomic E-state index is 0.240. The molecule has 0 fully saturated rings. The van der Waals surface area contributed by atoms with Crippen LogP contribution in [-0.4, -0.2) is 26.2 Å². The van der Waals surface area contributed by atoms with Crippen molar-refractivity contribution >= 4 is 34.5 Å². The molecule has 0 aliphatic carbocycles. The van der Waals surface area contributed by atoms with Gasteiger partial charge < -0.3 is 10.6 Å². The summed E-state index contributed by atoms with van der Waals surface area (Å²) in [7, 11) is 0. The summed E-state index contributed by atoms with van der Waals surface area (Å²) < 4.78 is 0. The number of nitrogens with one attached hydrogen (secondary N) is 3. The van der Waals surface area contributed by atoms with Crippen LogP contribution in [-0.2, 0) is 11.3 Å². The Hall–Kier alpha value is -3.39. The zero-order valence-corrected chi connectivity index (χ0v) is 20.0. The van der Waals surface area contributed by atoms with E-state index in [1.165, 1.54) is 11.9 Å². The minimum atomic E-state index is -0.509. The van der Waals surface area contributed by atoms with Crippen LogP contribution in [0, 0.1) is 0 Å². The number of benzene rings is 2. The van der Waals surface area contributed by atoms with Gasteiger partial charge in [0.25, 0.3) is 0 Å². The smallest absolute Gasteiger partial charge is 0.319 e. The maximum absolute atomic E-state index is 12.8. The Kier molecular flexibility index (Phi) is 6.65. The zero-order valence-electron chi connectivity index (χ0n) is 19.2. The largest absolute Gasteiger partial charge is 0.329 e. The van der Waals surface area contributed by atoms with E-state index in [9.17, 15) is 4.79 Å². The van der Waals surface area contributed by atoms with Gasteiger partial charge in [0.2, 0.25) is 0 Å². The highest BCUT2D eigenvalue weighted by atomic mass is 32.2. The van der Waals surface area contributed by atoms with Crippen molar-refractivity contribution in [3.8, 4) is 0 Å². The SMILES string of the molecule is CC(C)c1cccc(C(C)(C)NC(=O)Nc2cccc(CSc3ncnc4[nH]ncc34)c2)c1. The molecule has 2 heterocycles. The molecular formula is C25H28N6OS. The van der Waals surface area contributed by atoms with Crippen LogP contribution < -0.4 is 10.6 Å². The van der Waals surface area contributed by atoms with Crippen molar-refractivity contribution in [2.24, 2.45) is 0 Å². The van der Waals surface area contributed by atoms with Crippen LogP contribution in [0.3, 0.4) is 0 Å². The molecule has 2 aromatic heterocycles. The molecule has 2 amide bonds. The van der Waals surface area contributed by atoms with Gasteiger partial charge in [-0.1, -0.05) is 50.2 Å². The van der Waals surface area contributed by atoms with Crippen LogP contribution in [0.5, 0.6) is 0 Å². The first-order chi connectivity index (χ1) is 15.8. The molecule has 0 spiro atoms. The highest BCUT2D eigenvalue weighted by Gasteiger charge is 2.23. The Morgan fingerprint density at radius 3 is 2.76 bits per heavy atom. The molecule has 0 aliphatic rings. The highest BCUT2D eigenvalue weighted by molar-refractivity contribution is 7.98. The molecule has 2 aromatic carbocycles. The number of H-pyrrole nitrogens is 1. The van der Waals surface area contributed by atoms with Crippen LogP contribution in [0.2, 0.25) is 0 Å². The van der Waals surface area contributed by atoms with E-state index >= 15 is 0 Å². The molecule has 0 atom stereocenters. The lowest BCUT2D eigenvalue weighted by atomic mass is 9.90. The van der Waals surface area contributed by atoms with Crippen molar-refractivity contribution in [1.29, 1.82) is 0 Å². The van der Waals surface area contributed by atoms with Gasteiger partial charge in [-0.3, -0.25) is 5.10 Å². The lowest BCUT2D eigenvalue weighted by Crippen LogP contribution is -2.43. The molecule has 170 valence electrons. The topological polar surface area (TPSA) is 95.6 Å². The third-order valence-corrected chi connectivity index (χ3v) is 6.55. The second kappa shape index (κ2) is 9.62. The second-order valence-corrected chi connectivity index (χ2v) is 9.75. The summed E-state index contributed by atoms with van der Waals surface area (Å²) in [6, 6.07) is 16.0. The summed E-state index contributed by atoms with van der Waals surface area (Å²) in [5.74, 6) is 1.14. The zero-order chi connectivity index (χ0) is 23.4. The number of hydrogen-bond donors (Lipinski definition) is 3. The standard InChI is InChI=1S/C25H28N6OS/c1-16(2)18-8-6-9-19(12-18)25(3,4)30-24(32)29-20-10-5-7-17(11-20)14-33-23-21-13-28-31-22(21)26-15-27-23/h5-13,15-16H,14H2,1-4H3,(H2,29,30,32)(H,26,27,28,31). The fourth-order valence-corrected chi connectivity index (χ4v) is 4.46. The van der Waals surface area contributed by atoms with E-state index < -0.39 is 5.54 Å². The molecule has 4 aromatic rings. The number of amides is 2.